The molecule has 0 aliphatic carbocycles. The Morgan fingerprint density at radius 1 is 1.31 bits per heavy atom. The number of halogens is 1. The van der Waals surface area contributed by atoms with Crippen molar-refractivity contribution in [2.75, 3.05) is 18.6 Å². The summed E-state index contributed by atoms with van der Waals surface area (Å²) in [7, 11) is 1.63. The summed E-state index contributed by atoms with van der Waals surface area (Å²) in [6.45, 7) is 3.89. The van der Waals surface area contributed by atoms with Crippen molar-refractivity contribution in [1.29, 1.82) is 0 Å². The van der Waals surface area contributed by atoms with Gasteiger partial charge in [-0.15, -0.1) is 11.3 Å². The lowest BCUT2D eigenvalue weighted by atomic mass is 10.0. The van der Waals surface area contributed by atoms with Crippen molar-refractivity contribution in [1.82, 2.24) is 19.9 Å². The summed E-state index contributed by atoms with van der Waals surface area (Å²) in [5, 5.41) is 0.476. The summed E-state index contributed by atoms with van der Waals surface area (Å²) < 4.78 is 5.16. The average Bonchev–Trinajstić information content (AvgIpc) is 3.18. The molecular weight excluding hydrogens is 370 g/mol. The van der Waals surface area contributed by atoms with Gasteiger partial charge in [0.25, 0.3) is 0 Å². The molecule has 0 unspecified atom stereocenters. The van der Waals surface area contributed by atoms with Crippen LogP contribution in [0, 0.1) is 6.92 Å². The number of ether oxygens (including phenoxy) is 1. The number of aromatic nitrogens is 4. The fourth-order valence-electron chi connectivity index (χ4n) is 3.12. The third kappa shape index (κ3) is 3.30. The highest BCUT2D eigenvalue weighted by Gasteiger charge is 2.22. The zero-order chi connectivity index (χ0) is 18.1. The fourth-order valence-corrected chi connectivity index (χ4v) is 3.91. The van der Waals surface area contributed by atoms with Crippen LogP contribution in [0.25, 0.3) is 10.4 Å². The molecule has 6 nitrogen and oxygen atoms in total. The molecule has 0 fully saturated rings. The van der Waals surface area contributed by atoms with Gasteiger partial charge in [-0.2, -0.15) is 0 Å². The van der Waals surface area contributed by atoms with Crippen molar-refractivity contribution in [2.45, 2.75) is 26.5 Å². The van der Waals surface area contributed by atoms with Crippen molar-refractivity contribution in [3.8, 4) is 10.4 Å². The Kier molecular flexibility index (Phi) is 4.84. The highest BCUT2D eigenvalue weighted by Crippen LogP contribution is 2.30. The van der Waals surface area contributed by atoms with Gasteiger partial charge in [-0.1, -0.05) is 11.6 Å². The number of rotatable bonds is 4. The minimum atomic E-state index is 0.342. The Hall–Kier alpha value is -2.09. The molecule has 0 amide bonds. The van der Waals surface area contributed by atoms with Crippen molar-refractivity contribution in [3.05, 3.63) is 51.8 Å². The molecule has 0 spiro atoms. The van der Waals surface area contributed by atoms with Gasteiger partial charge >= 0.3 is 0 Å². The van der Waals surface area contributed by atoms with Gasteiger partial charge in [-0.05, 0) is 18.6 Å². The lowest BCUT2D eigenvalue weighted by molar-refractivity contribution is 0.178. The summed E-state index contributed by atoms with van der Waals surface area (Å²) >= 11 is 7.93. The van der Waals surface area contributed by atoms with E-state index in [1.54, 1.807) is 18.4 Å². The van der Waals surface area contributed by atoms with Crippen LogP contribution < -0.4 is 4.90 Å². The Bertz CT molecular complexity index is 932. The standard InChI is InChI=1S/C18H18ClN5OS/c1-11-17(19)22-16(9-25-2)23-18(11)24-4-3-14-13(8-24)5-12(6-21-14)15-7-20-10-26-15/h5-7,10H,3-4,8-9H2,1-2H3. The zero-order valence-corrected chi connectivity index (χ0v) is 16.1. The molecule has 4 heterocycles. The lowest BCUT2D eigenvalue weighted by Gasteiger charge is -2.30. The molecule has 26 heavy (non-hydrogen) atoms. The van der Waals surface area contributed by atoms with E-state index in [-0.39, 0.29) is 0 Å². The SMILES string of the molecule is COCc1nc(Cl)c(C)c(N2CCc3ncc(-c4cncs4)cc3C2)n1. The Morgan fingerprint density at radius 2 is 2.19 bits per heavy atom. The number of pyridine rings is 1. The van der Waals surface area contributed by atoms with Gasteiger partial charge in [-0.25, -0.2) is 9.97 Å². The van der Waals surface area contributed by atoms with Crippen LogP contribution >= 0.6 is 22.9 Å². The van der Waals surface area contributed by atoms with Crippen LogP contribution in [0.2, 0.25) is 5.15 Å². The Morgan fingerprint density at radius 3 is 2.96 bits per heavy atom. The second-order valence-electron chi connectivity index (χ2n) is 6.18. The van der Waals surface area contributed by atoms with E-state index in [2.05, 4.69) is 30.9 Å². The summed E-state index contributed by atoms with van der Waals surface area (Å²) in [5.74, 6) is 1.46. The predicted octanol–water partition coefficient (Wildman–Crippen LogP) is 3.67. The van der Waals surface area contributed by atoms with Gasteiger partial charge in [0.05, 0.1) is 10.4 Å². The molecule has 0 saturated carbocycles. The minimum absolute atomic E-state index is 0.342. The van der Waals surface area contributed by atoms with E-state index in [1.807, 2.05) is 24.8 Å². The molecular formula is C18H18ClN5OS. The van der Waals surface area contributed by atoms with Crippen LogP contribution in [0.3, 0.4) is 0 Å². The van der Waals surface area contributed by atoms with Gasteiger partial charge in [0.1, 0.15) is 17.6 Å². The minimum Gasteiger partial charge on any atom is -0.377 e. The quantitative estimate of drug-likeness (QED) is 0.636. The molecule has 4 rings (SSSR count). The number of hydrogen-bond acceptors (Lipinski definition) is 7. The van der Waals surface area contributed by atoms with Gasteiger partial charge in [-0.3, -0.25) is 9.97 Å². The first-order valence-electron chi connectivity index (χ1n) is 8.29. The molecule has 0 bridgehead atoms. The molecule has 0 aromatic carbocycles. The Balaban J connectivity index is 1.67. The molecule has 8 heteroatoms. The second-order valence-corrected chi connectivity index (χ2v) is 7.42. The summed E-state index contributed by atoms with van der Waals surface area (Å²) in [4.78, 5) is 21.2. The Labute approximate surface area is 160 Å². The van der Waals surface area contributed by atoms with E-state index < -0.39 is 0 Å². The van der Waals surface area contributed by atoms with Gasteiger partial charge in [0, 0.05) is 55.8 Å². The molecule has 3 aromatic heterocycles. The van der Waals surface area contributed by atoms with Crippen molar-refractivity contribution >= 4 is 28.8 Å². The van der Waals surface area contributed by atoms with E-state index in [0.29, 0.717) is 17.6 Å². The largest absolute Gasteiger partial charge is 0.377 e. The molecule has 0 saturated heterocycles. The number of thiazole rings is 1. The van der Waals surface area contributed by atoms with Gasteiger partial charge < -0.3 is 9.64 Å². The monoisotopic (exact) mass is 387 g/mol. The van der Waals surface area contributed by atoms with Crippen LogP contribution in [-0.4, -0.2) is 33.6 Å². The first-order valence-corrected chi connectivity index (χ1v) is 9.55. The lowest BCUT2D eigenvalue weighted by Crippen LogP contribution is -2.32. The first kappa shape index (κ1) is 17.3. The smallest absolute Gasteiger partial charge is 0.158 e. The van der Waals surface area contributed by atoms with Gasteiger partial charge in [0.15, 0.2) is 5.82 Å². The molecule has 1 aliphatic heterocycles. The predicted molar refractivity (Wildman–Crippen MR) is 103 cm³/mol. The van der Waals surface area contributed by atoms with Crippen molar-refractivity contribution in [2.24, 2.45) is 0 Å². The van der Waals surface area contributed by atoms with Crippen molar-refractivity contribution in [3.63, 3.8) is 0 Å². The fraction of sp³-hybridized carbons (Fsp3) is 0.333. The maximum atomic E-state index is 6.32. The van der Waals surface area contributed by atoms with Crippen LogP contribution in [-0.2, 0) is 24.3 Å². The zero-order valence-electron chi connectivity index (χ0n) is 14.6. The van der Waals surface area contributed by atoms with E-state index in [4.69, 9.17) is 16.3 Å². The molecule has 3 aromatic rings. The average molecular weight is 388 g/mol. The molecule has 0 radical (unpaired) electrons. The van der Waals surface area contributed by atoms with Crippen molar-refractivity contribution < 1.29 is 4.74 Å². The number of nitrogens with zero attached hydrogens (tertiary/aromatic N) is 5. The van der Waals surface area contributed by atoms with E-state index >= 15 is 0 Å². The third-order valence-electron chi connectivity index (χ3n) is 4.44. The molecule has 134 valence electrons. The summed E-state index contributed by atoms with van der Waals surface area (Å²) in [6, 6.07) is 2.20. The molecule has 1 aliphatic rings. The highest BCUT2D eigenvalue weighted by molar-refractivity contribution is 7.13. The normalized spacial score (nSPS) is 13.7. The summed E-state index contributed by atoms with van der Waals surface area (Å²) in [6.07, 6.45) is 4.69. The van der Waals surface area contributed by atoms with Crippen LogP contribution in [0.5, 0.6) is 0 Å². The van der Waals surface area contributed by atoms with E-state index in [9.17, 15) is 0 Å². The topological polar surface area (TPSA) is 64.0 Å². The maximum Gasteiger partial charge on any atom is 0.158 e. The second kappa shape index (κ2) is 7.26. The molecule has 0 N–H and O–H groups in total. The highest BCUT2D eigenvalue weighted by atomic mass is 35.5. The summed E-state index contributed by atoms with van der Waals surface area (Å²) in [5.41, 5.74) is 6.19. The maximum absolute atomic E-state index is 6.32. The van der Waals surface area contributed by atoms with Gasteiger partial charge in [0.2, 0.25) is 0 Å². The number of fused-ring (bicyclic) bond motifs is 1. The number of anilines is 1. The van der Waals surface area contributed by atoms with Crippen LogP contribution in [0.15, 0.2) is 24.0 Å². The first-order chi connectivity index (χ1) is 12.7. The third-order valence-corrected chi connectivity index (χ3v) is 5.63. The number of methoxy groups -OCH3 is 1. The van der Waals surface area contributed by atoms with E-state index in [0.717, 1.165) is 47.0 Å². The molecule has 0 atom stereocenters. The van der Waals surface area contributed by atoms with Crippen LogP contribution in [0.1, 0.15) is 22.6 Å². The van der Waals surface area contributed by atoms with E-state index in [1.165, 1.54) is 5.56 Å². The number of hydrogen-bond donors (Lipinski definition) is 0. The van der Waals surface area contributed by atoms with Crippen LogP contribution in [0.4, 0.5) is 5.82 Å².